The highest BCUT2D eigenvalue weighted by atomic mass is 32.1. The van der Waals surface area contributed by atoms with Gasteiger partial charge in [0.05, 0.1) is 16.5 Å². The lowest BCUT2D eigenvalue weighted by molar-refractivity contribution is 0.102. The average molecular weight is 334 g/mol. The lowest BCUT2D eigenvalue weighted by atomic mass is 10.1. The maximum absolute atomic E-state index is 13.6. The molecule has 0 saturated heterocycles. The van der Waals surface area contributed by atoms with Crippen LogP contribution < -0.4 is 10.1 Å². The Balaban J connectivity index is 1.93. The molecule has 0 atom stereocenters. The zero-order valence-corrected chi connectivity index (χ0v) is 12.9. The van der Waals surface area contributed by atoms with Gasteiger partial charge in [0.2, 0.25) is 0 Å². The summed E-state index contributed by atoms with van der Waals surface area (Å²) in [6.45, 7) is 2.61. The van der Waals surface area contributed by atoms with Crippen LogP contribution in [-0.2, 0) is 6.54 Å². The molecule has 3 aromatic rings. The molecule has 23 heavy (non-hydrogen) atoms. The van der Waals surface area contributed by atoms with E-state index in [0.29, 0.717) is 23.7 Å². The number of carbonyl (C=O) groups excluding carboxylic acids is 1. The fraction of sp³-hybridized carbons (Fsp3) is 0.125. The maximum atomic E-state index is 13.6. The van der Waals surface area contributed by atoms with E-state index in [9.17, 15) is 18.4 Å². The third kappa shape index (κ3) is 2.87. The molecular formula is C16H12F2N2O2S. The first-order valence-corrected chi connectivity index (χ1v) is 7.67. The minimum atomic E-state index is -0.938. The highest BCUT2D eigenvalue weighted by molar-refractivity contribution is 7.05. The molecule has 0 aliphatic carbocycles. The molecule has 1 aromatic heterocycles. The van der Waals surface area contributed by atoms with Crippen molar-refractivity contribution in [2.24, 2.45) is 0 Å². The van der Waals surface area contributed by atoms with Crippen LogP contribution in [0.1, 0.15) is 17.3 Å². The lowest BCUT2D eigenvalue weighted by Crippen LogP contribution is -2.14. The highest BCUT2D eigenvalue weighted by Crippen LogP contribution is 2.20. The summed E-state index contributed by atoms with van der Waals surface area (Å²) >= 11 is 1.10. The molecule has 0 radical (unpaired) electrons. The first kappa shape index (κ1) is 15.4. The van der Waals surface area contributed by atoms with Crippen LogP contribution in [0.25, 0.3) is 10.9 Å². The quantitative estimate of drug-likeness (QED) is 0.795. The zero-order chi connectivity index (χ0) is 16.6. The van der Waals surface area contributed by atoms with Crippen molar-refractivity contribution in [3.8, 4) is 0 Å². The van der Waals surface area contributed by atoms with E-state index in [1.807, 2.05) is 10.9 Å². The number of aromatic nitrogens is 1. The van der Waals surface area contributed by atoms with Crippen LogP contribution >= 0.6 is 11.5 Å². The molecule has 2 aromatic carbocycles. The van der Waals surface area contributed by atoms with Gasteiger partial charge in [-0.3, -0.25) is 13.5 Å². The summed E-state index contributed by atoms with van der Waals surface area (Å²) in [5.41, 5.74) is 0.903. The van der Waals surface area contributed by atoms with Crippen LogP contribution in [0.3, 0.4) is 0 Å². The van der Waals surface area contributed by atoms with Gasteiger partial charge in [-0.25, -0.2) is 8.78 Å². The van der Waals surface area contributed by atoms with Crippen LogP contribution in [0.2, 0.25) is 0 Å². The van der Waals surface area contributed by atoms with Gasteiger partial charge in [0.15, 0.2) is 0 Å². The molecular weight excluding hydrogens is 322 g/mol. The SMILES string of the molecule is CCn1sc(=O)c2cc(NC(=O)c3ccc(F)cc3F)ccc21. The van der Waals surface area contributed by atoms with Gasteiger partial charge in [-0.15, -0.1) is 0 Å². The number of aryl methyl sites for hydroxylation is 1. The third-order valence-corrected chi connectivity index (χ3v) is 4.46. The van der Waals surface area contributed by atoms with Gasteiger partial charge in [0, 0.05) is 18.3 Å². The number of nitrogens with one attached hydrogen (secondary N) is 1. The van der Waals surface area contributed by atoms with Crippen molar-refractivity contribution in [3.63, 3.8) is 0 Å². The summed E-state index contributed by atoms with van der Waals surface area (Å²) in [4.78, 5) is 24.0. The summed E-state index contributed by atoms with van der Waals surface area (Å²) in [7, 11) is 0. The summed E-state index contributed by atoms with van der Waals surface area (Å²) < 4.78 is 28.2. The lowest BCUT2D eigenvalue weighted by Gasteiger charge is -2.07. The number of hydrogen-bond donors (Lipinski definition) is 1. The van der Waals surface area contributed by atoms with E-state index in [4.69, 9.17) is 0 Å². The van der Waals surface area contributed by atoms with Crippen LogP contribution in [-0.4, -0.2) is 9.86 Å². The van der Waals surface area contributed by atoms with Crippen molar-refractivity contribution in [2.75, 3.05) is 5.32 Å². The number of nitrogens with zero attached hydrogens (tertiary/aromatic N) is 1. The van der Waals surface area contributed by atoms with E-state index in [-0.39, 0.29) is 10.3 Å². The fourth-order valence-corrected chi connectivity index (χ4v) is 3.15. The second-order valence-electron chi connectivity index (χ2n) is 4.88. The van der Waals surface area contributed by atoms with Crippen molar-refractivity contribution >= 4 is 34.0 Å². The molecule has 0 aliphatic rings. The van der Waals surface area contributed by atoms with E-state index >= 15 is 0 Å². The van der Waals surface area contributed by atoms with Gasteiger partial charge in [-0.05, 0) is 48.8 Å². The summed E-state index contributed by atoms with van der Waals surface area (Å²) in [5, 5.41) is 3.01. The van der Waals surface area contributed by atoms with Crippen LogP contribution in [0.5, 0.6) is 0 Å². The third-order valence-electron chi connectivity index (χ3n) is 3.40. The Labute approximate surface area is 134 Å². The maximum Gasteiger partial charge on any atom is 0.258 e. The highest BCUT2D eigenvalue weighted by Gasteiger charge is 2.14. The number of benzene rings is 2. The summed E-state index contributed by atoms with van der Waals surface area (Å²) in [6, 6.07) is 7.66. The molecule has 0 spiro atoms. The van der Waals surface area contributed by atoms with Crippen LogP contribution in [0.15, 0.2) is 41.2 Å². The predicted molar refractivity (Wildman–Crippen MR) is 86.1 cm³/mol. The summed E-state index contributed by atoms with van der Waals surface area (Å²) in [5.74, 6) is -2.39. The van der Waals surface area contributed by atoms with Gasteiger partial charge in [-0.2, -0.15) is 0 Å². The van der Waals surface area contributed by atoms with E-state index in [1.165, 1.54) is 0 Å². The van der Waals surface area contributed by atoms with E-state index < -0.39 is 17.5 Å². The van der Waals surface area contributed by atoms with E-state index in [1.54, 1.807) is 18.2 Å². The molecule has 0 fully saturated rings. The largest absolute Gasteiger partial charge is 0.322 e. The molecule has 1 amide bonds. The summed E-state index contributed by atoms with van der Waals surface area (Å²) in [6.07, 6.45) is 0. The normalized spacial score (nSPS) is 10.9. The second kappa shape index (κ2) is 5.92. The molecule has 0 unspecified atom stereocenters. The minimum Gasteiger partial charge on any atom is -0.322 e. The van der Waals surface area contributed by atoms with Crippen LogP contribution in [0, 0.1) is 11.6 Å². The topological polar surface area (TPSA) is 51.1 Å². The van der Waals surface area contributed by atoms with E-state index in [2.05, 4.69) is 5.32 Å². The van der Waals surface area contributed by atoms with Gasteiger partial charge >= 0.3 is 0 Å². The van der Waals surface area contributed by atoms with E-state index in [0.717, 1.165) is 29.2 Å². The average Bonchev–Trinajstić information content (AvgIpc) is 2.83. The number of halogens is 2. The fourth-order valence-electron chi connectivity index (χ4n) is 2.30. The molecule has 1 heterocycles. The monoisotopic (exact) mass is 334 g/mol. The number of carbonyl (C=O) groups is 1. The number of anilines is 1. The number of fused-ring (bicyclic) bond motifs is 1. The van der Waals surface area contributed by atoms with Crippen molar-refractivity contribution in [1.29, 1.82) is 0 Å². The number of amides is 1. The second-order valence-corrected chi connectivity index (χ2v) is 5.88. The Hall–Kier alpha value is -2.54. The molecule has 0 saturated carbocycles. The van der Waals surface area contributed by atoms with Gasteiger partial charge in [0.25, 0.3) is 10.6 Å². The van der Waals surface area contributed by atoms with Crippen LogP contribution in [0.4, 0.5) is 14.5 Å². The Bertz CT molecular complexity index is 962. The smallest absolute Gasteiger partial charge is 0.258 e. The molecule has 0 bridgehead atoms. The predicted octanol–water partition coefficient (Wildman–Crippen LogP) is 3.61. The van der Waals surface area contributed by atoms with Crippen molar-refractivity contribution < 1.29 is 13.6 Å². The number of rotatable bonds is 3. The molecule has 7 heteroatoms. The van der Waals surface area contributed by atoms with Gasteiger partial charge < -0.3 is 5.32 Å². The molecule has 3 rings (SSSR count). The molecule has 0 aliphatic heterocycles. The first-order chi connectivity index (χ1) is 11.0. The van der Waals surface area contributed by atoms with Crippen molar-refractivity contribution in [3.05, 3.63) is 63.1 Å². The minimum absolute atomic E-state index is 0.106. The van der Waals surface area contributed by atoms with Gasteiger partial charge in [-0.1, -0.05) is 0 Å². The zero-order valence-electron chi connectivity index (χ0n) is 12.1. The first-order valence-electron chi connectivity index (χ1n) is 6.90. The standard InChI is InChI=1S/C16H12F2N2O2S/c1-2-20-14-6-4-10(8-12(14)16(22)23-20)19-15(21)11-5-3-9(17)7-13(11)18/h3-8H,2H2,1H3,(H,19,21). The molecule has 118 valence electrons. The Kier molecular flexibility index (Phi) is 3.96. The Morgan fingerprint density at radius 3 is 2.70 bits per heavy atom. The Morgan fingerprint density at radius 2 is 2.00 bits per heavy atom. The molecule has 4 nitrogen and oxygen atoms in total. The van der Waals surface area contributed by atoms with Crippen molar-refractivity contribution in [1.82, 2.24) is 3.96 Å². The Morgan fingerprint density at radius 1 is 1.22 bits per heavy atom. The molecule has 1 N–H and O–H groups in total. The van der Waals surface area contributed by atoms with Gasteiger partial charge in [0.1, 0.15) is 11.6 Å². The van der Waals surface area contributed by atoms with Crippen molar-refractivity contribution in [2.45, 2.75) is 13.5 Å². The number of hydrogen-bond acceptors (Lipinski definition) is 3.